The minimum atomic E-state index is -0.843. The summed E-state index contributed by atoms with van der Waals surface area (Å²) in [6, 6.07) is 5.54. The molecule has 100 valence electrons. The second kappa shape index (κ2) is 5.51. The Morgan fingerprint density at radius 1 is 1.42 bits per heavy atom. The van der Waals surface area contributed by atoms with Crippen molar-refractivity contribution in [2.24, 2.45) is 5.73 Å². The number of hydrogen-bond donors (Lipinski definition) is 1. The van der Waals surface area contributed by atoms with Gasteiger partial charge in [0.15, 0.2) is 5.58 Å². The topological polar surface area (TPSA) is 95.4 Å². The van der Waals surface area contributed by atoms with Crippen molar-refractivity contribution >= 4 is 23.0 Å². The highest BCUT2D eigenvalue weighted by Crippen LogP contribution is 2.18. The summed E-state index contributed by atoms with van der Waals surface area (Å²) in [6.07, 6.45) is -0.261. The number of carbonyl (C=O) groups is 2. The molecule has 0 saturated heterocycles. The Morgan fingerprint density at radius 3 is 2.95 bits per heavy atom. The van der Waals surface area contributed by atoms with Crippen molar-refractivity contribution in [2.75, 3.05) is 6.61 Å². The summed E-state index contributed by atoms with van der Waals surface area (Å²) in [6.45, 7) is 2.05. The number of fused-ring (bicyclic) bond motifs is 1. The van der Waals surface area contributed by atoms with Crippen LogP contribution in [0.5, 0.6) is 0 Å². The number of hydrogen-bond acceptors (Lipinski definition) is 5. The van der Waals surface area contributed by atoms with Gasteiger partial charge in [-0.3, -0.25) is 4.79 Å². The molecule has 0 unspecified atom stereocenters. The fraction of sp³-hybridized carbons (Fsp3) is 0.308. The first-order chi connectivity index (χ1) is 9.06. The van der Waals surface area contributed by atoms with Crippen molar-refractivity contribution in [3.8, 4) is 0 Å². The molecule has 0 fully saturated rings. The molecule has 1 aromatic carbocycles. The van der Waals surface area contributed by atoms with E-state index in [0.717, 1.165) is 5.56 Å². The first-order valence-electron chi connectivity index (χ1n) is 5.89. The van der Waals surface area contributed by atoms with Crippen molar-refractivity contribution in [3.05, 3.63) is 29.7 Å². The van der Waals surface area contributed by atoms with Crippen LogP contribution in [0.2, 0.25) is 0 Å². The fourth-order valence-corrected chi connectivity index (χ4v) is 1.66. The van der Waals surface area contributed by atoms with Crippen LogP contribution >= 0.6 is 0 Å². The number of amides is 1. The first kappa shape index (κ1) is 13.1. The van der Waals surface area contributed by atoms with Crippen LogP contribution in [0, 0.1) is 6.92 Å². The van der Waals surface area contributed by atoms with Gasteiger partial charge in [-0.05, 0) is 31.0 Å². The van der Waals surface area contributed by atoms with E-state index < -0.39 is 6.09 Å². The minimum absolute atomic E-state index is 0.0830. The Bertz CT molecular complexity index is 618. The van der Waals surface area contributed by atoms with Gasteiger partial charge in [0.2, 0.25) is 5.78 Å². The van der Waals surface area contributed by atoms with Crippen LogP contribution < -0.4 is 5.73 Å². The van der Waals surface area contributed by atoms with E-state index in [1.165, 1.54) is 0 Å². The molecule has 0 bridgehead atoms. The summed E-state index contributed by atoms with van der Waals surface area (Å²) in [7, 11) is 0. The molecule has 0 atom stereocenters. The molecule has 1 aromatic heterocycles. The number of aromatic nitrogens is 1. The van der Waals surface area contributed by atoms with Gasteiger partial charge in [0.25, 0.3) is 5.89 Å². The number of oxazole rings is 1. The van der Waals surface area contributed by atoms with Gasteiger partial charge in [-0.15, -0.1) is 0 Å². The first-order valence-corrected chi connectivity index (χ1v) is 5.89. The average Bonchev–Trinajstić information content (AvgIpc) is 2.77. The molecule has 2 aromatic rings. The lowest BCUT2D eigenvalue weighted by molar-refractivity contribution is 0.0932. The minimum Gasteiger partial charge on any atom is -0.450 e. The number of nitrogens with zero attached hydrogens (tertiary/aromatic N) is 1. The Labute approximate surface area is 109 Å². The average molecular weight is 262 g/mol. The zero-order valence-electron chi connectivity index (χ0n) is 10.5. The zero-order valence-corrected chi connectivity index (χ0v) is 10.5. The maximum atomic E-state index is 11.8. The van der Waals surface area contributed by atoms with E-state index in [0.29, 0.717) is 17.5 Å². The van der Waals surface area contributed by atoms with E-state index in [9.17, 15) is 9.59 Å². The number of rotatable bonds is 5. The van der Waals surface area contributed by atoms with Crippen molar-refractivity contribution < 1.29 is 18.7 Å². The predicted octanol–water partition coefficient (Wildman–Crippen LogP) is 2.19. The monoisotopic (exact) mass is 262 g/mol. The molecular formula is C13H14N2O4. The molecule has 2 rings (SSSR count). The van der Waals surface area contributed by atoms with Gasteiger partial charge in [0.1, 0.15) is 5.52 Å². The summed E-state index contributed by atoms with van der Waals surface area (Å²) >= 11 is 0. The third kappa shape index (κ3) is 3.31. The van der Waals surface area contributed by atoms with Gasteiger partial charge < -0.3 is 14.9 Å². The van der Waals surface area contributed by atoms with Gasteiger partial charge in [-0.1, -0.05) is 6.07 Å². The van der Waals surface area contributed by atoms with Crippen LogP contribution in [0.25, 0.3) is 11.1 Å². The van der Waals surface area contributed by atoms with Gasteiger partial charge >= 0.3 is 6.09 Å². The highest BCUT2D eigenvalue weighted by atomic mass is 16.5. The summed E-state index contributed by atoms with van der Waals surface area (Å²) in [5.41, 5.74) is 7.10. The van der Waals surface area contributed by atoms with Gasteiger partial charge in [0, 0.05) is 6.42 Å². The molecular weight excluding hydrogens is 248 g/mol. The fourth-order valence-electron chi connectivity index (χ4n) is 1.66. The second-order valence-electron chi connectivity index (χ2n) is 4.18. The third-order valence-corrected chi connectivity index (χ3v) is 2.57. The van der Waals surface area contributed by atoms with E-state index >= 15 is 0 Å². The lowest BCUT2D eigenvalue weighted by Crippen LogP contribution is -2.14. The number of benzene rings is 1. The highest BCUT2D eigenvalue weighted by Gasteiger charge is 2.14. The quantitative estimate of drug-likeness (QED) is 0.658. The van der Waals surface area contributed by atoms with Gasteiger partial charge in [-0.2, -0.15) is 0 Å². The number of ether oxygens (including phenoxy) is 1. The highest BCUT2D eigenvalue weighted by molar-refractivity contribution is 5.94. The predicted molar refractivity (Wildman–Crippen MR) is 67.8 cm³/mol. The van der Waals surface area contributed by atoms with Crippen molar-refractivity contribution in [1.82, 2.24) is 4.98 Å². The number of Topliss-reactive ketones (excluding diaryl/α,β-unsaturated/α-hetero) is 1. The van der Waals surface area contributed by atoms with Crippen molar-refractivity contribution in [2.45, 2.75) is 19.8 Å². The second-order valence-corrected chi connectivity index (χ2v) is 4.18. The summed E-state index contributed by atoms with van der Waals surface area (Å²) in [5.74, 6) is -0.137. The molecule has 6 nitrogen and oxygen atoms in total. The van der Waals surface area contributed by atoms with Crippen LogP contribution in [0.15, 0.2) is 22.6 Å². The Balaban J connectivity index is 1.99. The van der Waals surface area contributed by atoms with Crippen molar-refractivity contribution in [1.29, 1.82) is 0 Å². The van der Waals surface area contributed by atoms with E-state index in [-0.39, 0.29) is 24.7 Å². The molecule has 1 heterocycles. The zero-order chi connectivity index (χ0) is 13.8. The summed E-state index contributed by atoms with van der Waals surface area (Å²) < 4.78 is 9.93. The van der Waals surface area contributed by atoms with Crippen LogP contribution in [0.3, 0.4) is 0 Å². The summed E-state index contributed by atoms with van der Waals surface area (Å²) in [5, 5.41) is 0. The van der Waals surface area contributed by atoms with Gasteiger partial charge in [-0.25, -0.2) is 9.78 Å². The largest absolute Gasteiger partial charge is 0.450 e. The van der Waals surface area contributed by atoms with E-state index in [1.807, 2.05) is 19.1 Å². The van der Waals surface area contributed by atoms with E-state index in [2.05, 4.69) is 9.72 Å². The van der Waals surface area contributed by atoms with E-state index in [1.54, 1.807) is 6.07 Å². The Hall–Kier alpha value is -2.37. The van der Waals surface area contributed by atoms with Gasteiger partial charge in [0.05, 0.1) is 6.61 Å². The maximum Gasteiger partial charge on any atom is 0.404 e. The van der Waals surface area contributed by atoms with Crippen LogP contribution in [0.1, 0.15) is 29.1 Å². The number of carbonyl (C=O) groups excluding carboxylic acids is 2. The Kier molecular flexibility index (Phi) is 3.79. The molecule has 19 heavy (non-hydrogen) atoms. The van der Waals surface area contributed by atoms with E-state index in [4.69, 9.17) is 10.2 Å². The SMILES string of the molecule is Cc1ccc2nc(C(=O)CCCOC(N)=O)oc2c1. The number of ketones is 1. The molecule has 1 amide bonds. The molecule has 0 spiro atoms. The Morgan fingerprint density at radius 2 is 2.21 bits per heavy atom. The summed E-state index contributed by atoms with van der Waals surface area (Å²) in [4.78, 5) is 26.3. The normalized spacial score (nSPS) is 10.6. The lowest BCUT2D eigenvalue weighted by atomic mass is 10.2. The smallest absolute Gasteiger partial charge is 0.404 e. The van der Waals surface area contributed by atoms with Crippen molar-refractivity contribution in [3.63, 3.8) is 0 Å². The molecule has 0 aliphatic rings. The molecule has 0 saturated carbocycles. The third-order valence-electron chi connectivity index (χ3n) is 2.57. The molecule has 0 aliphatic carbocycles. The molecule has 2 N–H and O–H groups in total. The number of aryl methyl sites for hydroxylation is 1. The number of nitrogens with two attached hydrogens (primary N) is 1. The standard InChI is InChI=1S/C13H14N2O4/c1-8-4-5-9-11(7-8)19-12(15-9)10(16)3-2-6-18-13(14)17/h4-5,7H,2-3,6H2,1H3,(H2,14,17). The maximum absolute atomic E-state index is 11.8. The van der Waals surface area contributed by atoms with Crippen LogP contribution in [-0.4, -0.2) is 23.5 Å². The molecule has 0 aliphatic heterocycles. The van der Waals surface area contributed by atoms with Crippen LogP contribution in [-0.2, 0) is 4.74 Å². The van der Waals surface area contributed by atoms with Crippen LogP contribution in [0.4, 0.5) is 4.79 Å². The molecule has 0 radical (unpaired) electrons. The number of primary amides is 1. The molecule has 6 heteroatoms. The lowest BCUT2D eigenvalue weighted by Gasteiger charge is -1.98.